The highest BCUT2D eigenvalue weighted by molar-refractivity contribution is 5.97. The molecule has 0 aliphatic heterocycles. The van der Waals surface area contributed by atoms with E-state index in [0.717, 1.165) is 16.7 Å². The van der Waals surface area contributed by atoms with E-state index in [0.29, 0.717) is 5.56 Å². The van der Waals surface area contributed by atoms with E-state index >= 15 is 0 Å². The number of aromatic hydroxyl groups is 1. The number of esters is 1. The molecule has 0 aliphatic carbocycles. The average molecular weight is 481 g/mol. The van der Waals surface area contributed by atoms with Crippen molar-refractivity contribution < 1.29 is 28.6 Å². The second-order valence-electron chi connectivity index (χ2n) is 8.46. The molecule has 184 valence electrons. The number of carbonyl (C=O) groups excluding carboxylic acids is 2. The Balaban J connectivity index is 1.80. The molecule has 0 fully saturated rings. The topological polar surface area (TPSA) is 97.8 Å². The second-order valence-corrected chi connectivity index (χ2v) is 8.46. The summed E-state index contributed by atoms with van der Waals surface area (Å²) in [6, 6.07) is 12.9. The van der Waals surface area contributed by atoms with Gasteiger partial charge in [-0.25, -0.2) is 14.2 Å². The van der Waals surface area contributed by atoms with Gasteiger partial charge < -0.3 is 19.9 Å². The number of nitrogens with one attached hydrogen (secondary N) is 1. The zero-order chi connectivity index (χ0) is 25.7. The van der Waals surface area contributed by atoms with Crippen molar-refractivity contribution in [2.75, 3.05) is 7.11 Å². The van der Waals surface area contributed by atoms with Gasteiger partial charge in [0.25, 0.3) is 5.91 Å². The molecular formula is C27H29FN2O5. The fourth-order valence-electron chi connectivity index (χ4n) is 3.81. The monoisotopic (exact) mass is 480 g/mol. The maximum atomic E-state index is 14.9. The molecule has 1 heterocycles. The highest BCUT2D eigenvalue weighted by Crippen LogP contribution is 2.33. The highest BCUT2D eigenvalue weighted by Gasteiger charge is 2.30. The van der Waals surface area contributed by atoms with Gasteiger partial charge in [-0.15, -0.1) is 0 Å². The van der Waals surface area contributed by atoms with Gasteiger partial charge in [0.15, 0.2) is 17.2 Å². The van der Waals surface area contributed by atoms with Crippen LogP contribution in [-0.2, 0) is 9.53 Å². The fourth-order valence-corrected chi connectivity index (χ4v) is 3.81. The van der Waals surface area contributed by atoms with Crippen LogP contribution in [0, 0.1) is 19.7 Å². The van der Waals surface area contributed by atoms with Crippen LogP contribution in [0.4, 0.5) is 4.39 Å². The molecule has 3 rings (SSSR count). The molecule has 0 spiro atoms. The van der Waals surface area contributed by atoms with Gasteiger partial charge in [-0.05, 0) is 50.5 Å². The molecule has 0 bridgehead atoms. The van der Waals surface area contributed by atoms with Gasteiger partial charge in [0.2, 0.25) is 0 Å². The number of carbonyl (C=O) groups is 2. The number of rotatable bonds is 8. The van der Waals surface area contributed by atoms with Gasteiger partial charge in [0.1, 0.15) is 18.0 Å². The number of ether oxygens (including phenoxy) is 2. The van der Waals surface area contributed by atoms with Crippen molar-refractivity contribution in [3.05, 3.63) is 88.5 Å². The first kappa shape index (κ1) is 25.7. The minimum atomic E-state index is -1.06. The summed E-state index contributed by atoms with van der Waals surface area (Å²) in [5, 5.41) is 12.6. The lowest BCUT2D eigenvalue weighted by atomic mass is 9.86. The maximum absolute atomic E-state index is 14.9. The van der Waals surface area contributed by atoms with Crippen molar-refractivity contribution in [2.24, 2.45) is 0 Å². The summed E-state index contributed by atoms with van der Waals surface area (Å²) in [5.74, 6) is -2.78. The highest BCUT2D eigenvalue weighted by atomic mass is 19.1. The van der Waals surface area contributed by atoms with Crippen LogP contribution in [0.15, 0.2) is 54.7 Å². The number of aryl methyl sites for hydroxylation is 2. The summed E-state index contributed by atoms with van der Waals surface area (Å²) in [4.78, 5) is 29.3. The minimum absolute atomic E-state index is 0.0788. The number of benzene rings is 2. The van der Waals surface area contributed by atoms with Crippen molar-refractivity contribution in [1.29, 1.82) is 0 Å². The third kappa shape index (κ3) is 5.95. The quantitative estimate of drug-likeness (QED) is 0.463. The van der Waals surface area contributed by atoms with E-state index < -0.39 is 35.7 Å². The Morgan fingerprint density at radius 1 is 1.03 bits per heavy atom. The predicted octanol–water partition coefficient (Wildman–Crippen LogP) is 4.43. The number of aromatic nitrogens is 1. The van der Waals surface area contributed by atoms with Crippen LogP contribution in [0.3, 0.4) is 0 Å². The van der Waals surface area contributed by atoms with E-state index in [9.17, 15) is 19.1 Å². The lowest BCUT2D eigenvalue weighted by molar-refractivity contribution is -0.150. The van der Waals surface area contributed by atoms with E-state index in [1.165, 1.54) is 32.4 Å². The summed E-state index contributed by atoms with van der Waals surface area (Å²) in [6.07, 6.45) is 0.561. The number of hydrogen-bond acceptors (Lipinski definition) is 6. The standard InChI is InChI=1S/C27H29FN2O5/c1-15-6-9-19(10-7-15)23(20-11-8-16(2)14-21(20)28)18(4)35-27(33)17(3)30-26(32)24-25(31)22(34-5)12-13-29-24/h6-14,17-18,23,31H,1-5H3,(H,30,32)/t17-,18-,23+/m0/s1. The second kappa shape index (κ2) is 11.0. The molecule has 0 radical (unpaired) electrons. The number of nitrogens with zero attached hydrogens (tertiary/aromatic N) is 1. The number of hydrogen-bond donors (Lipinski definition) is 2. The first-order valence-corrected chi connectivity index (χ1v) is 11.2. The molecule has 3 aromatic rings. The van der Waals surface area contributed by atoms with Crippen LogP contribution in [0.1, 0.15) is 52.5 Å². The Kier molecular flexibility index (Phi) is 8.06. The van der Waals surface area contributed by atoms with Gasteiger partial charge >= 0.3 is 5.97 Å². The van der Waals surface area contributed by atoms with Crippen LogP contribution in [-0.4, -0.2) is 41.2 Å². The molecule has 7 nitrogen and oxygen atoms in total. The van der Waals surface area contributed by atoms with Crippen molar-refractivity contribution in [3.63, 3.8) is 0 Å². The molecule has 3 atom stereocenters. The third-order valence-electron chi connectivity index (χ3n) is 5.72. The minimum Gasteiger partial charge on any atom is -0.503 e. The first-order chi connectivity index (χ1) is 16.6. The normalized spacial score (nSPS) is 13.4. The summed E-state index contributed by atoms with van der Waals surface area (Å²) in [7, 11) is 1.35. The molecular weight excluding hydrogens is 451 g/mol. The average Bonchev–Trinajstić information content (AvgIpc) is 2.81. The predicted molar refractivity (Wildman–Crippen MR) is 129 cm³/mol. The molecule has 1 aromatic heterocycles. The number of pyridine rings is 1. The summed E-state index contributed by atoms with van der Waals surface area (Å²) < 4.78 is 25.6. The van der Waals surface area contributed by atoms with Crippen LogP contribution in [0.25, 0.3) is 0 Å². The van der Waals surface area contributed by atoms with E-state index in [4.69, 9.17) is 9.47 Å². The Morgan fingerprint density at radius 2 is 1.69 bits per heavy atom. The first-order valence-electron chi connectivity index (χ1n) is 11.2. The van der Waals surface area contributed by atoms with E-state index in [-0.39, 0.29) is 17.3 Å². The number of methoxy groups -OCH3 is 1. The van der Waals surface area contributed by atoms with Crippen LogP contribution < -0.4 is 10.1 Å². The molecule has 1 amide bonds. The Labute approximate surface area is 203 Å². The summed E-state index contributed by atoms with van der Waals surface area (Å²) in [5.41, 5.74) is 2.75. The maximum Gasteiger partial charge on any atom is 0.328 e. The lowest BCUT2D eigenvalue weighted by Crippen LogP contribution is -2.41. The van der Waals surface area contributed by atoms with Crippen molar-refractivity contribution in [1.82, 2.24) is 10.3 Å². The van der Waals surface area contributed by atoms with Gasteiger partial charge in [0, 0.05) is 18.2 Å². The molecule has 0 saturated carbocycles. The van der Waals surface area contributed by atoms with Gasteiger partial charge in [-0.1, -0.05) is 42.0 Å². The molecule has 2 aromatic carbocycles. The molecule has 0 aliphatic rings. The zero-order valence-electron chi connectivity index (χ0n) is 20.3. The van der Waals surface area contributed by atoms with E-state index in [1.807, 2.05) is 37.3 Å². The largest absolute Gasteiger partial charge is 0.503 e. The van der Waals surface area contributed by atoms with E-state index in [2.05, 4.69) is 10.3 Å². The SMILES string of the molecule is COc1ccnc(C(=O)N[C@@H](C)C(=O)O[C@@H](C)[C@H](c2ccc(C)cc2)c2ccc(C)cc2F)c1O. The van der Waals surface area contributed by atoms with Crippen LogP contribution >= 0.6 is 0 Å². The molecule has 0 saturated heterocycles. The molecule has 0 unspecified atom stereocenters. The smallest absolute Gasteiger partial charge is 0.328 e. The lowest BCUT2D eigenvalue weighted by Gasteiger charge is -2.27. The Morgan fingerprint density at radius 3 is 2.31 bits per heavy atom. The van der Waals surface area contributed by atoms with Gasteiger partial charge in [0.05, 0.1) is 7.11 Å². The van der Waals surface area contributed by atoms with Gasteiger partial charge in [-0.2, -0.15) is 0 Å². The van der Waals surface area contributed by atoms with Crippen molar-refractivity contribution in [3.8, 4) is 11.5 Å². The molecule has 2 N–H and O–H groups in total. The van der Waals surface area contributed by atoms with Crippen LogP contribution in [0.2, 0.25) is 0 Å². The Hall–Kier alpha value is -3.94. The van der Waals surface area contributed by atoms with E-state index in [1.54, 1.807) is 19.9 Å². The zero-order valence-corrected chi connectivity index (χ0v) is 20.3. The fraction of sp³-hybridized carbons (Fsp3) is 0.296. The van der Waals surface area contributed by atoms with Crippen molar-refractivity contribution >= 4 is 11.9 Å². The molecule has 8 heteroatoms. The van der Waals surface area contributed by atoms with Gasteiger partial charge in [-0.3, -0.25) is 4.79 Å². The summed E-state index contributed by atoms with van der Waals surface area (Å²) >= 11 is 0. The Bertz CT molecular complexity index is 1210. The summed E-state index contributed by atoms with van der Waals surface area (Å²) in [6.45, 7) is 6.90. The van der Waals surface area contributed by atoms with Crippen molar-refractivity contribution in [2.45, 2.75) is 45.8 Å². The van der Waals surface area contributed by atoms with Crippen LogP contribution in [0.5, 0.6) is 11.5 Å². The number of amides is 1. The third-order valence-corrected chi connectivity index (χ3v) is 5.72. The number of halogens is 1. The molecule has 35 heavy (non-hydrogen) atoms.